The van der Waals surface area contributed by atoms with Crippen molar-refractivity contribution in [2.24, 2.45) is 0 Å². The molecule has 0 radical (unpaired) electrons. The molecule has 2 aliphatic rings. The Morgan fingerprint density at radius 2 is 1.81 bits per heavy atom. The first kappa shape index (κ1) is 18.3. The van der Waals surface area contributed by atoms with Crippen LogP contribution in [0.3, 0.4) is 0 Å². The molecule has 0 bridgehead atoms. The molecule has 2 fully saturated rings. The van der Waals surface area contributed by atoms with Crippen molar-refractivity contribution in [3.8, 4) is 0 Å². The van der Waals surface area contributed by atoms with Gasteiger partial charge in [-0.05, 0) is 35.7 Å². The Hall–Kier alpha value is -2.12. The summed E-state index contributed by atoms with van der Waals surface area (Å²) in [5.41, 5.74) is 1.97. The van der Waals surface area contributed by atoms with Gasteiger partial charge in [-0.25, -0.2) is 8.42 Å². The molecule has 1 aromatic heterocycles. The topological polar surface area (TPSA) is 70.8 Å². The Labute approximate surface area is 159 Å². The Bertz CT molecular complexity index is 919. The summed E-state index contributed by atoms with van der Waals surface area (Å²) in [6.07, 6.45) is 1.59. The number of rotatable bonds is 4. The molecule has 2 aromatic rings. The van der Waals surface area contributed by atoms with E-state index < -0.39 is 9.84 Å². The number of carbonyl (C=O) groups is 1. The van der Waals surface area contributed by atoms with Gasteiger partial charge in [0.2, 0.25) is 5.91 Å². The summed E-state index contributed by atoms with van der Waals surface area (Å²) in [7, 11) is -3.19. The molecule has 1 amide bonds. The second-order valence-electron chi connectivity index (χ2n) is 7.71. The minimum atomic E-state index is -3.19. The summed E-state index contributed by atoms with van der Waals surface area (Å²) >= 11 is 0. The van der Waals surface area contributed by atoms with Gasteiger partial charge in [0.05, 0.1) is 36.9 Å². The van der Waals surface area contributed by atoms with Crippen LogP contribution in [0, 0.1) is 0 Å². The van der Waals surface area contributed by atoms with Gasteiger partial charge in [-0.15, -0.1) is 0 Å². The number of furan rings is 1. The van der Waals surface area contributed by atoms with Gasteiger partial charge in [-0.3, -0.25) is 9.69 Å². The average molecular weight is 388 g/mol. The molecular formula is C20H24N2O4S. The number of anilines is 1. The van der Waals surface area contributed by atoms with E-state index in [9.17, 15) is 13.2 Å². The lowest BCUT2D eigenvalue weighted by Gasteiger charge is -2.43. The number of nitrogens with zero attached hydrogens (tertiary/aromatic N) is 2. The van der Waals surface area contributed by atoms with E-state index in [-0.39, 0.29) is 36.0 Å². The molecule has 2 aliphatic heterocycles. The van der Waals surface area contributed by atoms with Crippen LogP contribution in [0.4, 0.5) is 5.69 Å². The smallest absolute Gasteiger partial charge is 0.241 e. The van der Waals surface area contributed by atoms with E-state index in [0.717, 1.165) is 11.4 Å². The molecule has 2 atom stereocenters. The Kier molecular flexibility index (Phi) is 4.60. The fraction of sp³-hybridized carbons (Fsp3) is 0.450. The number of benzene rings is 1. The van der Waals surface area contributed by atoms with Gasteiger partial charge in [0.25, 0.3) is 0 Å². The average Bonchev–Trinajstić information content (AvgIpc) is 3.22. The first-order valence-corrected chi connectivity index (χ1v) is 11.0. The van der Waals surface area contributed by atoms with E-state index in [4.69, 9.17) is 4.42 Å². The maximum absolute atomic E-state index is 13.0. The second kappa shape index (κ2) is 6.80. The third kappa shape index (κ3) is 3.53. The Balaban J connectivity index is 1.65. The van der Waals surface area contributed by atoms with Crippen LogP contribution in [0.1, 0.15) is 31.1 Å². The third-order valence-electron chi connectivity index (χ3n) is 5.48. The van der Waals surface area contributed by atoms with E-state index >= 15 is 0 Å². The van der Waals surface area contributed by atoms with Crippen LogP contribution in [0.2, 0.25) is 0 Å². The zero-order chi connectivity index (χ0) is 19.2. The van der Waals surface area contributed by atoms with Gasteiger partial charge in [-0.2, -0.15) is 0 Å². The van der Waals surface area contributed by atoms with E-state index in [0.29, 0.717) is 12.5 Å². The monoisotopic (exact) mass is 388 g/mol. The van der Waals surface area contributed by atoms with Gasteiger partial charge >= 0.3 is 0 Å². The quantitative estimate of drug-likeness (QED) is 0.804. The van der Waals surface area contributed by atoms with Crippen LogP contribution >= 0.6 is 0 Å². The number of fused-ring (bicyclic) bond motifs is 1. The predicted octanol–water partition coefficient (Wildman–Crippen LogP) is 2.42. The molecule has 0 N–H and O–H groups in total. The summed E-state index contributed by atoms with van der Waals surface area (Å²) in [6.45, 7) is 4.86. The maximum Gasteiger partial charge on any atom is 0.241 e. The summed E-state index contributed by atoms with van der Waals surface area (Å²) < 4.78 is 30.2. The summed E-state index contributed by atoms with van der Waals surface area (Å²) in [4.78, 5) is 16.6. The molecule has 27 heavy (non-hydrogen) atoms. The van der Waals surface area contributed by atoms with Crippen LogP contribution in [-0.4, -0.2) is 49.4 Å². The maximum atomic E-state index is 13.0. The Morgan fingerprint density at radius 1 is 1.11 bits per heavy atom. The van der Waals surface area contributed by atoms with E-state index in [2.05, 4.69) is 13.8 Å². The standard InChI is InChI=1S/C20H24N2O4S/c1-14(2)15-5-7-16(8-6-15)22-19-13-27(24,25)12-18(19)21(11-20(22)23)10-17-4-3-9-26-17/h3-9,14,18-19H,10-13H2,1-2H3/t18-,19+/m0/s1. The zero-order valence-corrected chi connectivity index (χ0v) is 16.4. The largest absolute Gasteiger partial charge is 0.468 e. The van der Waals surface area contributed by atoms with Gasteiger partial charge < -0.3 is 9.32 Å². The minimum absolute atomic E-state index is 0.00396. The lowest BCUT2D eigenvalue weighted by molar-refractivity contribution is -0.123. The van der Waals surface area contributed by atoms with Crippen molar-refractivity contribution < 1.29 is 17.6 Å². The molecular weight excluding hydrogens is 364 g/mol. The molecule has 7 heteroatoms. The number of sulfone groups is 1. The number of hydrogen-bond donors (Lipinski definition) is 0. The molecule has 144 valence electrons. The normalized spacial score (nSPS) is 25.1. The molecule has 1 aromatic carbocycles. The molecule has 6 nitrogen and oxygen atoms in total. The van der Waals surface area contributed by atoms with Gasteiger partial charge in [0, 0.05) is 11.7 Å². The molecule has 0 unspecified atom stereocenters. The highest BCUT2D eigenvalue weighted by molar-refractivity contribution is 7.91. The highest BCUT2D eigenvalue weighted by Crippen LogP contribution is 2.33. The van der Waals surface area contributed by atoms with Crippen molar-refractivity contribution in [1.82, 2.24) is 4.90 Å². The number of piperazine rings is 1. The molecule has 3 heterocycles. The van der Waals surface area contributed by atoms with Crippen LogP contribution < -0.4 is 4.90 Å². The predicted molar refractivity (Wildman–Crippen MR) is 103 cm³/mol. The van der Waals surface area contributed by atoms with Crippen molar-refractivity contribution in [3.05, 3.63) is 54.0 Å². The third-order valence-corrected chi connectivity index (χ3v) is 7.18. The van der Waals surface area contributed by atoms with Crippen LogP contribution in [0.5, 0.6) is 0 Å². The van der Waals surface area contributed by atoms with E-state index in [1.807, 2.05) is 35.2 Å². The van der Waals surface area contributed by atoms with Crippen LogP contribution in [-0.2, 0) is 21.2 Å². The number of amides is 1. The van der Waals surface area contributed by atoms with Crippen molar-refractivity contribution >= 4 is 21.4 Å². The fourth-order valence-corrected chi connectivity index (χ4v) is 6.07. The molecule has 4 rings (SSSR count). The van der Waals surface area contributed by atoms with Crippen LogP contribution in [0.25, 0.3) is 0 Å². The van der Waals surface area contributed by atoms with Gasteiger partial charge in [0.1, 0.15) is 5.76 Å². The first-order valence-electron chi connectivity index (χ1n) is 9.23. The summed E-state index contributed by atoms with van der Waals surface area (Å²) in [6, 6.07) is 10.9. The number of hydrogen-bond acceptors (Lipinski definition) is 5. The lowest BCUT2D eigenvalue weighted by Crippen LogP contribution is -2.61. The zero-order valence-electron chi connectivity index (χ0n) is 15.5. The highest BCUT2D eigenvalue weighted by Gasteiger charge is 2.49. The van der Waals surface area contributed by atoms with Crippen molar-refractivity contribution in [2.75, 3.05) is 23.0 Å². The highest BCUT2D eigenvalue weighted by atomic mass is 32.2. The first-order chi connectivity index (χ1) is 12.8. The van der Waals surface area contributed by atoms with Gasteiger partial charge in [-0.1, -0.05) is 26.0 Å². The summed E-state index contributed by atoms with van der Waals surface area (Å²) in [5.74, 6) is 1.15. The van der Waals surface area contributed by atoms with Crippen LogP contribution in [0.15, 0.2) is 47.1 Å². The Morgan fingerprint density at radius 3 is 2.44 bits per heavy atom. The van der Waals surface area contributed by atoms with Gasteiger partial charge in [0.15, 0.2) is 9.84 Å². The molecule has 0 aliphatic carbocycles. The molecule has 2 saturated heterocycles. The summed E-state index contributed by atoms with van der Waals surface area (Å²) in [5, 5.41) is 0. The van der Waals surface area contributed by atoms with Crippen molar-refractivity contribution in [3.63, 3.8) is 0 Å². The SMILES string of the molecule is CC(C)c1ccc(N2C(=O)CN(Cc3ccco3)[C@H]3CS(=O)(=O)C[C@H]32)cc1. The second-order valence-corrected chi connectivity index (χ2v) is 9.86. The molecule has 0 saturated carbocycles. The number of carbonyl (C=O) groups excluding carboxylic acids is 1. The van der Waals surface area contributed by atoms with Crippen molar-refractivity contribution in [2.45, 2.75) is 38.4 Å². The van der Waals surface area contributed by atoms with E-state index in [1.54, 1.807) is 17.2 Å². The minimum Gasteiger partial charge on any atom is -0.468 e. The van der Waals surface area contributed by atoms with E-state index in [1.165, 1.54) is 5.56 Å². The van der Waals surface area contributed by atoms with Crippen molar-refractivity contribution in [1.29, 1.82) is 0 Å². The fourth-order valence-electron chi connectivity index (χ4n) is 4.09. The molecule has 0 spiro atoms. The lowest BCUT2D eigenvalue weighted by atomic mass is 10.00.